The van der Waals surface area contributed by atoms with Gasteiger partial charge in [0.1, 0.15) is 5.82 Å². The summed E-state index contributed by atoms with van der Waals surface area (Å²) in [6, 6.07) is 10.5. The van der Waals surface area contributed by atoms with Crippen LogP contribution in [0.4, 0.5) is 5.82 Å². The monoisotopic (exact) mass is 376 g/mol. The first-order valence-corrected chi connectivity index (χ1v) is 10.1. The third-order valence-electron chi connectivity index (χ3n) is 3.95. The van der Waals surface area contributed by atoms with Gasteiger partial charge in [-0.3, -0.25) is 0 Å². The highest BCUT2D eigenvalue weighted by Crippen LogP contribution is 2.34. The fourth-order valence-electron chi connectivity index (χ4n) is 2.54. The molecule has 0 bridgehead atoms. The lowest BCUT2D eigenvalue weighted by Crippen LogP contribution is -1.95. The quantitative estimate of drug-likeness (QED) is 0.621. The molecule has 27 heavy (non-hydrogen) atoms. The second-order valence-electron chi connectivity index (χ2n) is 6.15. The van der Waals surface area contributed by atoms with Crippen LogP contribution < -0.4 is 5.73 Å². The van der Waals surface area contributed by atoms with Gasteiger partial charge in [-0.05, 0) is 50.1 Å². The third-order valence-corrected chi connectivity index (χ3v) is 5.02. The largest absolute Gasteiger partial charge is 0.383 e. The maximum absolute atomic E-state index is 6.15. The van der Waals surface area contributed by atoms with E-state index in [-0.39, 0.29) is 0 Å². The van der Waals surface area contributed by atoms with Crippen molar-refractivity contribution in [1.29, 1.82) is 0 Å². The number of aromatic nitrogens is 1. The van der Waals surface area contributed by atoms with E-state index in [9.17, 15) is 0 Å². The van der Waals surface area contributed by atoms with Crippen LogP contribution in [-0.2, 0) is 0 Å². The minimum atomic E-state index is 0.554. The van der Waals surface area contributed by atoms with Crippen LogP contribution in [0.25, 0.3) is 12.2 Å². The summed E-state index contributed by atoms with van der Waals surface area (Å²) in [5, 5.41) is 0. The van der Waals surface area contributed by atoms with Crippen molar-refractivity contribution in [2.24, 2.45) is 0 Å². The number of pyridine rings is 1. The lowest BCUT2D eigenvalue weighted by atomic mass is 10.1. The molecule has 0 spiro atoms. The molecule has 0 aliphatic heterocycles. The number of rotatable bonds is 4. The highest BCUT2D eigenvalue weighted by atomic mass is 32.2. The fraction of sp³-hybridized carbons (Fsp3) is 0.208. The van der Waals surface area contributed by atoms with Crippen molar-refractivity contribution in [3.05, 3.63) is 88.0 Å². The van der Waals surface area contributed by atoms with Crippen LogP contribution in [0.1, 0.15) is 43.9 Å². The number of benzene rings is 1. The van der Waals surface area contributed by atoms with Gasteiger partial charge in [0, 0.05) is 21.6 Å². The van der Waals surface area contributed by atoms with E-state index in [4.69, 9.17) is 5.73 Å². The minimum Gasteiger partial charge on any atom is -0.383 e. The first-order chi connectivity index (χ1) is 13.1. The van der Waals surface area contributed by atoms with E-state index in [1.165, 1.54) is 16.0 Å². The number of aryl methyl sites for hydroxylation is 1. The van der Waals surface area contributed by atoms with E-state index in [2.05, 4.69) is 79.6 Å². The summed E-state index contributed by atoms with van der Waals surface area (Å²) in [4.78, 5) is 6.58. The van der Waals surface area contributed by atoms with Crippen molar-refractivity contribution in [2.75, 3.05) is 5.73 Å². The number of hydrogen-bond donors (Lipinski definition) is 1. The molecule has 1 aromatic heterocycles. The van der Waals surface area contributed by atoms with Crippen molar-refractivity contribution in [3.63, 3.8) is 0 Å². The molecule has 0 radical (unpaired) electrons. The molecular formula is C24H28N2S. The summed E-state index contributed by atoms with van der Waals surface area (Å²) in [6.07, 6.45) is 15.6. The van der Waals surface area contributed by atoms with Gasteiger partial charge >= 0.3 is 0 Å². The Hall–Kier alpha value is -2.52. The number of nitrogens with two attached hydrogens (primary N) is 1. The molecule has 1 aromatic carbocycles. The Balaban J connectivity index is 0.00000126. The number of thioether (sulfide) groups is 1. The summed E-state index contributed by atoms with van der Waals surface area (Å²) < 4.78 is 0. The van der Waals surface area contributed by atoms with E-state index in [1.54, 1.807) is 18.0 Å². The molecule has 0 saturated carbocycles. The summed E-state index contributed by atoms with van der Waals surface area (Å²) in [5.41, 5.74) is 10.9. The molecule has 2 nitrogen and oxygen atoms in total. The summed E-state index contributed by atoms with van der Waals surface area (Å²) in [7, 11) is 0. The molecule has 1 aliphatic carbocycles. The van der Waals surface area contributed by atoms with Crippen LogP contribution in [0.3, 0.4) is 0 Å². The molecule has 0 saturated heterocycles. The second kappa shape index (κ2) is 10.6. The van der Waals surface area contributed by atoms with Gasteiger partial charge in [-0.25, -0.2) is 4.98 Å². The lowest BCUT2D eigenvalue weighted by Gasteiger charge is -2.09. The summed E-state index contributed by atoms with van der Waals surface area (Å²) >= 11 is 1.72. The van der Waals surface area contributed by atoms with E-state index in [0.29, 0.717) is 5.82 Å². The normalized spacial score (nSPS) is 13.5. The SMILES string of the molecule is CC.CC1=CC(Sc2ccnc(N)c2/C=C/c2ccc(C)cc2)=CC=CC1. The maximum Gasteiger partial charge on any atom is 0.131 e. The molecular weight excluding hydrogens is 348 g/mol. The van der Waals surface area contributed by atoms with Crippen LogP contribution in [0, 0.1) is 6.92 Å². The smallest absolute Gasteiger partial charge is 0.131 e. The zero-order chi connectivity index (χ0) is 19.6. The van der Waals surface area contributed by atoms with Crippen molar-refractivity contribution in [2.45, 2.75) is 39.0 Å². The third kappa shape index (κ3) is 6.30. The van der Waals surface area contributed by atoms with Gasteiger partial charge in [-0.1, -0.05) is 79.2 Å². The molecule has 0 amide bonds. The van der Waals surface area contributed by atoms with E-state index >= 15 is 0 Å². The lowest BCUT2D eigenvalue weighted by molar-refractivity contribution is 1.22. The predicted molar refractivity (Wildman–Crippen MR) is 122 cm³/mol. The minimum absolute atomic E-state index is 0.554. The molecule has 3 heteroatoms. The Morgan fingerprint density at radius 2 is 1.78 bits per heavy atom. The Morgan fingerprint density at radius 3 is 2.52 bits per heavy atom. The van der Waals surface area contributed by atoms with Crippen LogP contribution in [0.15, 0.2) is 76.2 Å². The molecule has 0 fully saturated rings. The van der Waals surface area contributed by atoms with Crippen LogP contribution >= 0.6 is 11.8 Å². The van der Waals surface area contributed by atoms with E-state index in [1.807, 2.05) is 19.9 Å². The highest BCUT2D eigenvalue weighted by Gasteiger charge is 2.08. The Morgan fingerprint density at radius 1 is 1.04 bits per heavy atom. The molecule has 2 aromatic rings. The molecule has 1 heterocycles. The van der Waals surface area contributed by atoms with Crippen molar-refractivity contribution in [1.82, 2.24) is 4.98 Å². The predicted octanol–water partition coefficient (Wildman–Crippen LogP) is 7.05. The van der Waals surface area contributed by atoms with Crippen molar-refractivity contribution < 1.29 is 0 Å². The topological polar surface area (TPSA) is 38.9 Å². The Kier molecular flexibility index (Phi) is 8.15. The first kappa shape index (κ1) is 20.8. The average molecular weight is 377 g/mol. The van der Waals surface area contributed by atoms with Gasteiger partial charge in [0.2, 0.25) is 0 Å². The van der Waals surface area contributed by atoms with E-state index in [0.717, 1.165) is 22.4 Å². The fourth-order valence-corrected chi connectivity index (χ4v) is 3.61. The number of allylic oxidation sites excluding steroid dienone is 5. The second-order valence-corrected chi connectivity index (χ2v) is 7.26. The molecule has 2 N–H and O–H groups in total. The Labute approximate surface area is 167 Å². The van der Waals surface area contributed by atoms with Gasteiger partial charge in [0.05, 0.1) is 0 Å². The standard InChI is InChI=1S/C22H22N2S.C2H6/c1-16-7-9-18(10-8-16)11-12-20-21(13-14-24-22(20)23)25-19-6-4-3-5-17(2)15-19;1-2/h3-4,6-15H,5H2,1-2H3,(H2,23,24);1-2H3/b12-11+;. The number of anilines is 1. The van der Waals surface area contributed by atoms with Gasteiger partial charge in [0.15, 0.2) is 0 Å². The molecule has 140 valence electrons. The first-order valence-electron chi connectivity index (χ1n) is 9.33. The van der Waals surface area contributed by atoms with Gasteiger partial charge in [-0.15, -0.1) is 0 Å². The molecule has 0 unspecified atom stereocenters. The average Bonchev–Trinajstić information content (AvgIpc) is 2.88. The maximum atomic E-state index is 6.15. The number of hydrogen-bond acceptors (Lipinski definition) is 3. The van der Waals surface area contributed by atoms with Gasteiger partial charge in [0.25, 0.3) is 0 Å². The van der Waals surface area contributed by atoms with Crippen molar-refractivity contribution in [3.8, 4) is 0 Å². The van der Waals surface area contributed by atoms with Crippen LogP contribution in [0.5, 0.6) is 0 Å². The van der Waals surface area contributed by atoms with Crippen LogP contribution in [0.2, 0.25) is 0 Å². The summed E-state index contributed by atoms with van der Waals surface area (Å²) in [5.74, 6) is 0.554. The molecule has 3 rings (SSSR count). The highest BCUT2D eigenvalue weighted by molar-refractivity contribution is 8.03. The van der Waals surface area contributed by atoms with E-state index < -0.39 is 0 Å². The summed E-state index contributed by atoms with van der Waals surface area (Å²) in [6.45, 7) is 8.24. The Bertz CT molecular complexity index is 872. The molecule has 1 aliphatic rings. The van der Waals surface area contributed by atoms with Gasteiger partial charge < -0.3 is 5.73 Å². The van der Waals surface area contributed by atoms with Crippen molar-refractivity contribution >= 4 is 29.7 Å². The van der Waals surface area contributed by atoms with Crippen LogP contribution in [-0.4, -0.2) is 4.98 Å². The number of nitrogens with zero attached hydrogens (tertiary/aromatic N) is 1. The number of nitrogen functional groups attached to an aromatic ring is 1. The molecule has 0 atom stereocenters. The zero-order valence-corrected chi connectivity index (χ0v) is 17.4. The zero-order valence-electron chi connectivity index (χ0n) is 16.6. The van der Waals surface area contributed by atoms with Gasteiger partial charge in [-0.2, -0.15) is 0 Å².